The van der Waals surface area contributed by atoms with Gasteiger partial charge in [0.2, 0.25) is 0 Å². The Labute approximate surface area is 104 Å². The molecule has 0 amide bonds. The van der Waals surface area contributed by atoms with E-state index in [0.29, 0.717) is 19.4 Å². The van der Waals surface area contributed by atoms with Crippen molar-refractivity contribution in [2.75, 3.05) is 6.54 Å². The monoisotopic (exact) mass is 247 g/mol. The molecule has 16 heavy (non-hydrogen) atoms. The van der Waals surface area contributed by atoms with Gasteiger partial charge in [-0.2, -0.15) is 0 Å². The summed E-state index contributed by atoms with van der Waals surface area (Å²) in [4.78, 5) is 11.5. The molecule has 0 spiro atoms. The van der Waals surface area contributed by atoms with Crippen LogP contribution >= 0.6 is 12.4 Å². The normalized spacial score (nSPS) is 18.3. The molecule has 3 nitrogen and oxygen atoms in total. The number of esters is 1. The minimum absolute atomic E-state index is 0. The van der Waals surface area contributed by atoms with Crippen LogP contribution in [-0.2, 0) is 9.53 Å². The molecule has 1 aliphatic carbocycles. The van der Waals surface area contributed by atoms with Gasteiger partial charge in [0.25, 0.3) is 0 Å². The summed E-state index contributed by atoms with van der Waals surface area (Å²) in [6.45, 7) is 4.04. The second-order valence-corrected chi connectivity index (χ2v) is 4.25. The molecule has 1 fully saturated rings. The minimum Gasteiger partial charge on any atom is -0.458 e. The Kier molecular flexibility index (Phi) is 7.43. The highest BCUT2D eigenvalue weighted by atomic mass is 35.5. The SMILES string of the molecule is C=CCCC(=O)OC1(CN)CCCCC1.Cl. The molecule has 0 aromatic heterocycles. The third-order valence-electron chi connectivity index (χ3n) is 3.02. The summed E-state index contributed by atoms with van der Waals surface area (Å²) < 4.78 is 5.52. The molecule has 0 atom stereocenters. The average molecular weight is 248 g/mol. The molecule has 2 N–H and O–H groups in total. The molecule has 0 aliphatic heterocycles. The van der Waals surface area contributed by atoms with Crippen molar-refractivity contribution in [1.29, 1.82) is 0 Å². The molecule has 4 heteroatoms. The fraction of sp³-hybridized carbons (Fsp3) is 0.750. The molecular formula is C12H22ClNO2. The van der Waals surface area contributed by atoms with Crippen LogP contribution in [0.25, 0.3) is 0 Å². The van der Waals surface area contributed by atoms with Gasteiger partial charge in [0, 0.05) is 13.0 Å². The number of hydrogen-bond acceptors (Lipinski definition) is 3. The molecule has 94 valence electrons. The van der Waals surface area contributed by atoms with E-state index in [1.807, 2.05) is 0 Å². The van der Waals surface area contributed by atoms with Gasteiger partial charge in [-0.3, -0.25) is 4.79 Å². The van der Waals surface area contributed by atoms with Gasteiger partial charge in [-0.15, -0.1) is 19.0 Å². The fourth-order valence-corrected chi connectivity index (χ4v) is 2.06. The topological polar surface area (TPSA) is 52.3 Å². The number of carbonyl (C=O) groups is 1. The lowest BCUT2D eigenvalue weighted by Gasteiger charge is -2.35. The van der Waals surface area contributed by atoms with E-state index in [4.69, 9.17) is 10.5 Å². The van der Waals surface area contributed by atoms with Crippen LogP contribution in [0.5, 0.6) is 0 Å². The van der Waals surface area contributed by atoms with Crippen LogP contribution in [0.15, 0.2) is 12.7 Å². The summed E-state index contributed by atoms with van der Waals surface area (Å²) in [6.07, 6.45) is 8.14. The number of ether oxygens (including phenoxy) is 1. The van der Waals surface area contributed by atoms with Crippen molar-refractivity contribution in [3.05, 3.63) is 12.7 Å². The van der Waals surface area contributed by atoms with Gasteiger partial charge in [-0.05, 0) is 32.1 Å². The predicted molar refractivity (Wildman–Crippen MR) is 67.6 cm³/mol. The first-order valence-electron chi connectivity index (χ1n) is 5.75. The van der Waals surface area contributed by atoms with Gasteiger partial charge in [0.15, 0.2) is 0 Å². The molecule has 0 aromatic carbocycles. The molecule has 0 unspecified atom stereocenters. The summed E-state index contributed by atoms with van der Waals surface area (Å²) in [7, 11) is 0. The number of halogens is 1. The number of nitrogens with two attached hydrogens (primary N) is 1. The van der Waals surface area contributed by atoms with Crippen molar-refractivity contribution >= 4 is 18.4 Å². The van der Waals surface area contributed by atoms with Crippen LogP contribution in [0.3, 0.4) is 0 Å². The Morgan fingerprint density at radius 1 is 1.38 bits per heavy atom. The highest BCUT2D eigenvalue weighted by Crippen LogP contribution is 2.31. The van der Waals surface area contributed by atoms with Gasteiger partial charge in [0.1, 0.15) is 5.60 Å². The van der Waals surface area contributed by atoms with Gasteiger partial charge in [-0.1, -0.05) is 12.5 Å². The standard InChI is InChI=1S/C12H21NO2.ClH/c1-2-3-7-11(14)15-12(10-13)8-5-4-6-9-12;/h2H,1,3-10,13H2;1H. The van der Waals surface area contributed by atoms with E-state index in [9.17, 15) is 4.79 Å². The maximum atomic E-state index is 11.5. The second-order valence-electron chi connectivity index (χ2n) is 4.25. The summed E-state index contributed by atoms with van der Waals surface area (Å²) in [5, 5.41) is 0. The first-order chi connectivity index (χ1) is 7.22. The molecule has 1 rings (SSSR count). The third kappa shape index (κ3) is 4.54. The zero-order valence-electron chi connectivity index (χ0n) is 9.74. The molecule has 0 bridgehead atoms. The zero-order valence-corrected chi connectivity index (χ0v) is 10.6. The molecule has 0 heterocycles. The van der Waals surface area contributed by atoms with E-state index in [0.717, 1.165) is 25.7 Å². The van der Waals surface area contributed by atoms with E-state index < -0.39 is 0 Å². The van der Waals surface area contributed by atoms with E-state index in [1.165, 1.54) is 6.42 Å². The van der Waals surface area contributed by atoms with Crippen LogP contribution in [-0.4, -0.2) is 18.1 Å². The van der Waals surface area contributed by atoms with E-state index in [1.54, 1.807) is 6.08 Å². The first kappa shape index (κ1) is 15.5. The molecule has 0 saturated heterocycles. The van der Waals surface area contributed by atoms with Crippen LogP contribution in [0.4, 0.5) is 0 Å². The zero-order chi connectivity index (χ0) is 11.1. The van der Waals surface area contributed by atoms with Crippen molar-refractivity contribution in [2.45, 2.75) is 50.5 Å². The summed E-state index contributed by atoms with van der Waals surface area (Å²) in [5.74, 6) is -0.137. The predicted octanol–water partition coefficient (Wildman–Crippen LogP) is 2.58. The van der Waals surface area contributed by atoms with E-state index in [2.05, 4.69) is 6.58 Å². The first-order valence-corrected chi connectivity index (χ1v) is 5.75. The van der Waals surface area contributed by atoms with Crippen molar-refractivity contribution in [2.24, 2.45) is 5.73 Å². The van der Waals surface area contributed by atoms with Gasteiger partial charge in [0.05, 0.1) is 0 Å². The second kappa shape index (κ2) is 7.69. The van der Waals surface area contributed by atoms with Gasteiger partial charge >= 0.3 is 5.97 Å². The Morgan fingerprint density at radius 3 is 2.50 bits per heavy atom. The minimum atomic E-state index is -0.365. The van der Waals surface area contributed by atoms with Crippen LogP contribution in [0, 0.1) is 0 Å². The molecule has 0 radical (unpaired) electrons. The quantitative estimate of drug-likeness (QED) is 0.600. The Balaban J connectivity index is 0.00000225. The summed E-state index contributed by atoms with van der Waals surface area (Å²) >= 11 is 0. The van der Waals surface area contributed by atoms with Gasteiger partial charge in [-0.25, -0.2) is 0 Å². The van der Waals surface area contributed by atoms with Crippen molar-refractivity contribution in [3.63, 3.8) is 0 Å². The van der Waals surface area contributed by atoms with Crippen molar-refractivity contribution in [1.82, 2.24) is 0 Å². The maximum absolute atomic E-state index is 11.5. The number of allylic oxidation sites excluding steroid dienone is 1. The third-order valence-corrected chi connectivity index (χ3v) is 3.02. The van der Waals surface area contributed by atoms with Crippen LogP contribution in [0.1, 0.15) is 44.9 Å². The van der Waals surface area contributed by atoms with Crippen molar-refractivity contribution < 1.29 is 9.53 Å². The average Bonchev–Trinajstić information content (AvgIpc) is 2.27. The number of hydrogen-bond donors (Lipinski definition) is 1. The molecule has 1 aliphatic rings. The lowest BCUT2D eigenvalue weighted by Crippen LogP contribution is -2.44. The summed E-state index contributed by atoms with van der Waals surface area (Å²) in [5.41, 5.74) is 5.35. The fourth-order valence-electron chi connectivity index (χ4n) is 2.06. The van der Waals surface area contributed by atoms with Crippen LogP contribution in [0.2, 0.25) is 0 Å². The Morgan fingerprint density at radius 2 is 2.00 bits per heavy atom. The van der Waals surface area contributed by atoms with E-state index >= 15 is 0 Å². The van der Waals surface area contributed by atoms with E-state index in [-0.39, 0.29) is 24.0 Å². The van der Waals surface area contributed by atoms with Gasteiger partial charge < -0.3 is 10.5 Å². The van der Waals surface area contributed by atoms with Crippen molar-refractivity contribution in [3.8, 4) is 0 Å². The largest absolute Gasteiger partial charge is 0.458 e. The Bertz CT molecular complexity index is 225. The highest BCUT2D eigenvalue weighted by Gasteiger charge is 2.34. The smallest absolute Gasteiger partial charge is 0.306 e. The lowest BCUT2D eigenvalue weighted by atomic mass is 9.84. The molecular weight excluding hydrogens is 226 g/mol. The Hall–Kier alpha value is -0.540. The highest BCUT2D eigenvalue weighted by molar-refractivity contribution is 5.85. The number of rotatable bonds is 5. The maximum Gasteiger partial charge on any atom is 0.306 e. The lowest BCUT2D eigenvalue weighted by molar-refractivity contribution is -0.162. The molecule has 0 aromatic rings. The number of carbonyl (C=O) groups excluding carboxylic acids is 1. The van der Waals surface area contributed by atoms with Crippen LogP contribution < -0.4 is 5.73 Å². The summed E-state index contributed by atoms with van der Waals surface area (Å²) in [6, 6.07) is 0. The molecule has 1 saturated carbocycles.